The van der Waals surface area contributed by atoms with E-state index in [1.807, 2.05) is 58.2 Å². The van der Waals surface area contributed by atoms with Crippen molar-refractivity contribution in [2.75, 3.05) is 12.0 Å². The molecule has 0 saturated carbocycles. The molecule has 216 valence electrons. The van der Waals surface area contributed by atoms with E-state index in [2.05, 4.69) is 20.9 Å². The number of H-pyrrole nitrogens is 1. The number of carbonyl (C=O) groups excluding carboxylic acids is 3. The minimum Gasteiger partial charge on any atom is -0.480 e. The molecule has 1 aromatic carbocycles. The first kappa shape index (κ1) is 32.2. The number of benzene rings is 1. The molecule has 0 saturated heterocycles. The monoisotopic (exact) mass is 561 g/mol. The summed E-state index contributed by atoms with van der Waals surface area (Å²) in [5.41, 5.74) is 7.69. The van der Waals surface area contributed by atoms with Crippen LogP contribution in [0.3, 0.4) is 0 Å². The maximum absolute atomic E-state index is 13.5. The fraction of sp³-hybridized carbons (Fsp3) is 0.571. The van der Waals surface area contributed by atoms with Gasteiger partial charge in [-0.1, -0.05) is 45.9 Å². The number of aromatic nitrogens is 1. The van der Waals surface area contributed by atoms with Crippen LogP contribution in [0.2, 0.25) is 0 Å². The number of fused-ring (bicyclic) bond motifs is 1. The molecular formula is C28H43N5O5S. The first-order valence-electron chi connectivity index (χ1n) is 13.4. The molecule has 0 aliphatic carbocycles. The number of nitrogens with one attached hydrogen (secondary N) is 4. The molecule has 0 fully saturated rings. The highest BCUT2D eigenvalue weighted by Gasteiger charge is 2.31. The summed E-state index contributed by atoms with van der Waals surface area (Å²) < 4.78 is 0. The minimum atomic E-state index is -1.14. The number of aromatic amines is 1. The van der Waals surface area contributed by atoms with Crippen LogP contribution < -0.4 is 21.7 Å². The van der Waals surface area contributed by atoms with Crippen molar-refractivity contribution in [2.24, 2.45) is 17.6 Å². The number of carboxylic acid groups (broad SMARTS) is 1. The SMILES string of the molecule is CSCCC(N)C(=O)NC(CC(C)C)C(=O)NC(Cc1c[nH]c2ccccc12)C(=O)NC(CC(C)C)C(=O)O. The Morgan fingerprint density at radius 2 is 1.46 bits per heavy atom. The van der Waals surface area contributed by atoms with E-state index in [9.17, 15) is 24.3 Å². The van der Waals surface area contributed by atoms with Crippen molar-refractivity contribution in [3.05, 3.63) is 36.0 Å². The van der Waals surface area contributed by atoms with E-state index in [0.717, 1.165) is 16.5 Å². The number of nitrogens with two attached hydrogens (primary N) is 1. The summed E-state index contributed by atoms with van der Waals surface area (Å²) >= 11 is 1.58. The second-order valence-corrected chi connectivity index (χ2v) is 11.7. The third-order valence-electron chi connectivity index (χ3n) is 6.36. The van der Waals surface area contributed by atoms with Gasteiger partial charge in [0.1, 0.15) is 18.1 Å². The number of carbonyl (C=O) groups is 4. The number of hydrogen-bond acceptors (Lipinski definition) is 6. The Balaban J connectivity index is 2.30. The van der Waals surface area contributed by atoms with Crippen LogP contribution in [0.1, 0.15) is 52.5 Å². The molecule has 7 N–H and O–H groups in total. The number of rotatable bonds is 16. The highest BCUT2D eigenvalue weighted by Crippen LogP contribution is 2.20. The number of hydrogen-bond donors (Lipinski definition) is 6. The van der Waals surface area contributed by atoms with Gasteiger partial charge in [-0.2, -0.15) is 11.8 Å². The first-order chi connectivity index (χ1) is 18.4. The predicted molar refractivity (Wildman–Crippen MR) is 155 cm³/mol. The molecule has 3 amide bonds. The summed E-state index contributed by atoms with van der Waals surface area (Å²) in [4.78, 5) is 54.6. The standard InChI is InChI=1S/C28H43N5O5S/c1-16(2)12-22(31-25(34)20(29)10-11-39-5)26(35)32-23(27(36)33-24(28(37)38)13-17(3)4)14-18-15-30-21-9-7-6-8-19(18)21/h6-9,15-17,20,22-24,30H,10-14,29H2,1-5H3,(H,31,34)(H,32,35)(H,33,36)(H,37,38). The van der Waals surface area contributed by atoms with Gasteiger partial charge in [-0.15, -0.1) is 0 Å². The Hall–Kier alpha value is -3.05. The minimum absolute atomic E-state index is 0.0361. The third kappa shape index (κ3) is 10.2. The molecule has 0 radical (unpaired) electrons. The van der Waals surface area contributed by atoms with Gasteiger partial charge in [-0.25, -0.2) is 4.79 Å². The molecule has 0 aliphatic heterocycles. The van der Waals surface area contributed by atoms with Crippen LogP contribution in [-0.4, -0.2) is 70.0 Å². The molecule has 1 heterocycles. The number of para-hydroxylation sites is 1. The average Bonchev–Trinajstić information content (AvgIpc) is 3.28. The zero-order valence-corrected chi connectivity index (χ0v) is 24.3. The van der Waals surface area contributed by atoms with Crippen molar-refractivity contribution in [2.45, 2.75) is 77.5 Å². The Morgan fingerprint density at radius 1 is 0.897 bits per heavy atom. The highest BCUT2D eigenvalue weighted by molar-refractivity contribution is 7.98. The molecular weight excluding hydrogens is 518 g/mol. The molecule has 4 atom stereocenters. The van der Waals surface area contributed by atoms with Crippen molar-refractivity contribution in [3.8, 4) is 0 Å². The Labute approximate surface area is 234 Å². The van der Waals surface area contributed by atoms with Gasteiger partial charge in [-0.3, -0.25) is 14.4 Å². The average molecular weight is 562 g/mol. The van der Waals surface area contributed by atoms with Gasteiger partial charge in [0.2, 0.25) is 17.7 Å². The largest absolute Gasteiger partial charge is 0.480 e. The van der Waals surface area contributed by atoms with E-state index in [0.29, 0.717) is 18.6 Å². The van der Waals surface area contributed by atoms with Gasteiger partial charge in [-0.05, 0) is 54.7 Å². The summed E-state index contributed by atoms with van der Waals surface area (Å²) in [6.07, 6.45) is 4.90. The maximum atomic E-state index is 13.5. The third-order valence-corrected chi connectivity index (χ3v) is 7.01. The van der Waals surface area contributed by atoms with Crippen molar-refractivity contribution in [1.82, 2.24) is 20.9 Å². The van der Waals surface area contributed by atoms with Gasteiger partial charge in [0.15, 0.2) is 0 Å². The molecule has 0 spiro atoms. The molecule has 11 heteroatoms. The lowest BCUT2D eigenvalue weighted by Crippen LogP contribution is -2.58. The summed E-state index contributed by atoms with van der Waals surface area (Å²) in [5, 5.41) is 18.7. The van der Waals surface area contributed by atoms with E-state index in [1.54, 1.807) is 18.0 Å². The van der Waals surface area contributed by atoms with Crippen LogP contribution >= 0.6 is 11.8 Å². The van der Waals surface area contributed by atoms with Crippen molar-refractivity contribution >= 4 is 46.4 Å². The lowest BCUT2D eigenvalue weighted by Gasteiger charge is -2.26. The molecule has 0 bridgehead atoms. The van der Waals surface area contributed by atoms with E-state index >= 15 is 0 Å². The van der Waals surface area contributed by atoms with Gasteiger partial charge < -0.3 is 31.8 Å². The van der Waals surface area contributed by atoms with Crippen molar-refractivity contribution in [3.63, 3.8) is 0 Å². The molecule has 0 aliphatic rings. The van der Waals surface area contributed by atoms with Crippen LogP contribution in [0.5, 0.6) is 0 Å². The number of carboxylic acids is 1. The maximum Gasteiger partial charge on any atom is 0.326 e. The van der Waals surface area contributed by atoms with Gasteiger partial charge in [0.25, 0.3) is 0 Å². The van der Waals surface area contributed by atoms with Crippen molar-refractivity contribution < 1.29 is 24.3 Å². The Bertz CT molecular complexity index is 1120. The predicted octanol–water partition coefficient (Wildman–Crippen LogP) is 2.42. The second kappa shape index (κ2) is 15.5. The van der Waals surface area contributed by atoms with Gasteiger partial charge in [0.05, 0.1) is 6.04 Å². The Morgan fingerprint density at radius 3 is 2.08 bits per heavy atom. The van der Waals surface area contributed by atoms with E-state index in [1.165, 1.54) is 0 Å². The number of amides is 3. The lowest BCUT2D eigenvalue weighted by atomic mass is 9.99. The van der Waals surface area contributed by atoms with Gasteiger partial charge in [0, 0.05) is 23.5 Å². The van der Waals surface area contributed by atoms with E-state index in [4.69, 9.17) is 5.73 Å². The van der Waals surface area contributed by atoms with Gasteiger partial charge >= 0.3 is 5.97 Å². The Kier molecular flexibility index (Phi) is 12.8. The topological polar surface area (TPSA) is 166 Å². The summed E-state index contributed by atoms with van der Waals surface area (Å²) in [5.74, 6) is -1.87. The normalized spacial score (nSPS) is 14.6. The second-order valence-electron chi connectivity index (χ2n) is 10.7. The van der Waals surface area contributed by atoms with Crippen LogP contribution in [-0.2, 0) is 25.6 Å². The zero-order valence-electron chi connectivity index (χ0n) is 23.5. The smallest absolute Gasteiger partial charge is 0.326 e. The highest BCUT2D eigenvalue weighted by atomic mass is 32.2. The molecule has 4 unspecified atom stereocenters. The molecule has 2 aromatic rings. The van der Waals surface area contributed by atoms with Crippen LogP contribution in [0.15, 0.2) is 30.5 Å². The fourth-order valence-corrected chi connectivity index (χ4v) is 4.81. The van der Waals surface area contributed by atoms with Crippen molar-refractivity contribution in [1.29, 1.82) is 0 Å². The molecule has 1 aromatic heterocycles. The van der Waals surface area contributed by atoms with E-state index in [-0.39, 0.29) is 24.7 Å². The van der Waals surface area contributed by atoms with Crippen LogP contribution in [0.25, 0.3) is 10.9 Å². The number of aliphatic carboxylic acids is 1. The lowest BCUT2D eigenvalue weighted by molar-refractivity contribution is -0.142. The van der Waals surface area contributed by atoms with Crippen LogP contribution in [0.4, 0.5) is 0 Å². The quantitative estimate of drug-likeness (QED) is 0.183. The molecule has 10 nitrogen and oxygen atoms in total. The summed E-state index contributed by atoms with van der Waals surface area (Å²) in [6.45, 7) is 7.60. The molecule has 2 rings (SSSR count). The first-order valence-corrected chi connectivity index (χ1v) is 14.8. The summed E-state index contributed by atoms with van der Waals surface area (Å²) in [6, 6.07) is 3.77. The zero-order chi connectivity index (χ0) is 29.1. The fourth-order valence-electron chi connectivity index (χ4n) is 4.32. The van der Waals surface area contributed by atoms with E-state index < -0.39 is 47.9 Å². The number of thioether (sulfide) groups is 1. The van der Waals surface area contributed by atoms with Crippen LogP contribution in [0, 0.1) is 11.8 Å². The summed E-state index contributed by atoms with van der Waals surface area (Å²) in [7, 11) is 0. The molecule has 39 heavy (non-hydrogen) atoms.